The average molecular weight is 349 g/mol. The maximum atomic E-state index is 13.0. The maximum Gasteiger partial charge on any atom is 0.317 e. The Bertz CT molecular complexity index is 569. The topological polar surface area (TPSA) is 52.7 Å². The Morgan fingerprint density at radius 1 is 1.16 bits per heavy atom. The van der Waals surface area contributed by atoms with Crippen molar-refractivity contribution in [2.24, 2.45) is 0 Å². The zero-order chi connectivity index (χ0) is 18.2. The van der Waals surface area contributed by atoms with Crippen LogP contribution in [0.2, 0.25) is 0 Å². The van der Waals surface area contributed by atoms with Crippen molar-refractivity contribution in [2.45, 2.75) is 45.1 Å². The van der Waals surface area contributed by atoms with Crippen LogP contribution in [0.4, 0.5) is 9.18 Å². The Labute approximate surface area is 149 Å². The van der Waals surface area contributed by atoms with E-state index in [0.717, 1.165) is 31.5 Å². The highest BCUT2D eigenvalue weighted by atomic mass is 19.1. The highest BCUT2D eigenvalue weighted by Crippen LogP contribution is 2.19. The summed E-state index contributed by atoms with van der Waals surface area (Å²) in [5.41, 5.74) is 0.861. The van der Waals surface area contributed by atoms with Crippen LogP contribution < -0.4 is 5.32 Å². The number of nitrogens with one attached hydrogen (secondary N) is 1. The molecule has 0 aromatic heterocycles. The van der Waals surface area contributed by atoms with Crippen LogP contribution in [-0.2, 0) is 4.79 Å². The molecule has 0 radical (unpaired) electrons. The molecule has 1 aromatic rings. The van der Waals surface area contributed by atoms with Crippen LogP contribution in [0.15, 0.2) is 24.3 Å². The lowest BCUT2D eigenvalue weighted by atomic mass is 10.1. The average Bonchev–Trinajstić information content (AvgIpc) is 2.90. The molecule has 5 nitrogen and oxygen atoms in total. The molecular weight excluding hydrogens is 321 g/mol. The first-order chi connectivity index (χ1) is 12.0. The summed E-state index contributed by atoms with van der Waals surface area (Å²) in [4.78, 5) is 27.9. The molecule has 138 valence electrons. The SMILES string of the molecule is CC(c1ccc(F)cc1)N(C)C(=O)NCCC(=O)N1CCCCCC1. The molecule has 6 heteroatoms. The predicted molar refractivity (Wildman–Crippen MR) is 95.6 cm³/mol. The largest absolute Gasteiger partial charge is 0.343 e. The van der Waals surface area contributed by atoms with E-state index in [1.54, 1.807) is 24.1 Å². The van der Waals surface area contributed by atoms with Crippen LogP contribution in [0.3, 0.4) is 0 Å². The van der Waals surface area contributed by atoms with Gasteiger partial charge in [-0.2, -0.15) is 0 Å². The fraction of sp³-hybridized carbons (Fsp3) is 0.579. The molecule has 1 atom stereocenters. The van der Waals surface area contributed by atoms with Crippen molar-refractivity contribution in [1.29, 1.82) is 0 Å². The fourth-order valence-corrected chi connectivity index (χ4v) is 3.02. The summed E-state index contributed by atoms with van der Waals surface area (Å²) in [5, 5.41) is 2.80. The molecule has 1 saturated heterocycles. The van der Waals surface area contributed by atoms with E-state index in [2.05, 4.69) is 5.32 Å². The first-order valence-electron chi connectivity index (χ1n) is 9.03. The molecule has 1 N–H and O–H groups in total. The van der Waals surface area contributed by atoms with Gasteiger partial charge < -0.3 is 15.1 Å². The minimum absolute atomic E-state index is 0.108. The highest BCUT2D eigenvalue weighted by molar-refractivity contribution is 5.78. The van der Waals surface area contributed by atoms with Crippen LogP contribution in [0, 0.1) is 5.82 Å². The minimum atomic E-state index is -0.296. The van der Waals surface area contributed by atoms with Crippen LogP contribution in [-0.4, -0.2) is 48.4 Å². The Morgan fingerprint density at radius 2 is 1.76 bits per heavy atom. The van der Waals surface area contributed by atoms with Crippen molar-refractivity contribution in [1.82, 2.24) is 15.1 Å². The first kappa shape index (κ1) is 19.2. The molecule has 0 aliphatic carbocycles. The van der Waals surface area contributed by atoms with E-state index in [-0.39, 0.29) is 23.8 Å². The maximum absolute atomic E-state index is 13.0. The van der Waals surface area contributed by atoms with Crippen LogP contribution in [0.1, 0.15) is 50.6 Å². The second kappa shape index (κ2) is 9.39. The van der Waals surface area contributed by atoms with Crippen molar-refractivity contribution in [3.63, 3.8) is 0 Å². The normalized spacial score (nSPS) is 16.0. The second-order valence-corrected chi connectivity index (χ2v) is 6.62. The monoisotopic (exact) mass is 349 g/mol. The van der Waals surface area contributed by atoms with Gasteiger partial charge in [-0.05, 0) is 37.5 Å². The number of hydrogen-bond acceptors (Lipinski definition) is 2. The van der Waals surface area contributed by atoms with Gasteiger partial charge in [-0.15, -0.1) is 0 Å². The molecule has 3 amide bonds. The second-order valence-electron chi connectivity index (χ2n) is 6.62. The number of urea groups is 1. The first-order valence-corrected chi connectivity index (χ1v) is 9.03. The zero-order valence-corrected chi connectivity index (χ0v) is 15.1. The van der Waals surface area contributed by atoms with Crippen LogP contribution >= 0.6 is 0 Å². The Morgan fingerprint density at radius 3 is 2.36 bits per heavy atom. The Balaban J connectivity index is 1.76. The van der Waals surface area contributed by atoms with Gasteiger partial charge in [0.25, 0.3) is 0 Å². The van der Waals surface area contributed by atoms with E-state index >= 15 is 0 Å². The molecule has 1 aliphatic rings. The summed E-state index contributed by atoms with van der Waals surface area (Å²) in [6.07, 6.45) is 4.83. The summed E-state index contributed by atoms with van der Waals surface area (Å²) in [5.74, 6) is -0.188. The van der Waals surface area contributed by atoms with Gasteiger partial charge in [0.05, 0.1) is 6.04 Å². The third-order valence-corrected chi connectivity index (χ3v) is 4.83. The molecule has 0 bridgehead atoms. The molecule has 1 aliphatic heterocycles. The number of amides is 3. The number of nitrogens with zero attached hydrogens (tertiary/aromatic N) is 2. The van der Waals surface area contributed by atoms with E-state index in [1.165, 1.54) is 25.0 Å². The highest BCUT2D eigenvalue weighted by Gasteiger charge is 2.19. The molecular formula is C19H28FN3O2. The third-order valence-electron chi connectivity index (χ3n) is 4.83. The minimum Gasteiger partial charge on any atom is -0.343 e. The van der Waals surface area contributed by atoms with Crippen LogP contribution in [0.5, 0.6) is 0 Å². The number of likely N-dealkylation sites (tertiary alicyclic amines) is 1. The molecule has 1 fully saturated rings. The number of rotatable bonds is 5. The Kier molecular flexibility index (Phi) is 7.22. The van der Waals surface area contributed by atoms with E-state index in [1.807, 2.05) is 11.8 Å². The van der Waals surface area contributed by atoms with E-state index in [9.17, 15) is 14.0 Å². The molecule has 0 spiro atoms. The van der Waals surface area contributed by atoms with Crippen molar-refractivity contribution in [2.75, 3.05) is 26.7 Å². The molecule has 2 rings (SSSR count). The van der Waals surface area contributed by atoms with Gasteiger partial charge in [0.2, 0.25) is 5.91 Å². The lowest BCUT2D eigenvalue weighted by Crippen LogP contribution is -2.41. The van der Waals surface area contributed by atoms with Crippen molar-refractivity contribution in [3.05, 3.63) is 35.6 Å². The van der Waals surface area contributed by atoms with Crippen molar-refractivity contribution in [3.8, 4) is 0 Å². The molecule has 1 heterocycles. The summed E-state index contributed by atoms with van der Waals surface area (Å²) < 4.78 is 13.0. The standard InChI is InChI=1S/C19H28FN3O2/c1-15(16-7-9-17(20)10-8-16)22(2)19(25)21-12-11-18(24)23-13-5-3-4-6-14-23/h7-10,15H,3-6,11-14H2,1-2H3,(H,21,25). The third kappa shape index (κ3) is 5.73. The lowest BCUT2D eigenvalue weighted by Gasteiger charge is -2.26. The van der Waals surface area contributed by atoms with E-state index in [4.69, 9.17) is 0 Å². The van der Waals surface area contributed by atoms with Gasteiger partial charge in [0.15, 0.2) is 0 Å². The lowest BCUT2D eigenvalue weighted by molar-refractivity contribution is -0.131. The summed E-state index contributed by atoms with van der Waals surface area (Å²) in [7, 11) is 1.69. The van der Waals surface area contributed by atoms with Gasteiger partial charge in [-0.25, -0.2) is 9.18 Å². The Hall–Kier alpha value is -2.11. The van der Waals surface area contributed by atoms with Gasteiger partial charge in [-0.1, -0.05) is 25.0 Å². The predicted octanol–water partition coefficient (Wildman–Crippen LogP) is 3.32. The van der Waals surface area contributed by atoms with Crippen molar-refractivity contribution < 1.29 is 14.0 Å². The number of carbonyl (C=O) groups is 2. The van der Waals surface area contributed by atoms with Gasteiger partial charge >= 0.3 is 6.03 Å². The molecule has 25 heavy (non-hydrogen) atoms. The summed E-state index contributed by atoms with van der Waals surface area (Å²) >= 11 is 0. The number of hydrogen-bond donors (Lipinski definition) is 1. The summed E-state index contributed by atoms with van der Waals surface area (Å²) in [6.45, 7) is 3.87. The van der Waals surface area contributed by atoms with E-state index < -0.39 is 0 Å². The quantitative estimate of drug-likeness (QED) is 0.886. The summed E-state index contributed by atoms with van der Waals surface area (Å²) in [6, 6.07) is 5.70. The van der Waals surface area contributed by atoms with Gasteiger partial charge in [0, 0.05) is 33.1 Å². The number of carbonyl (C=O) groups excluding carboxylic acids is 2. The van der Waals surface area contributed by atoms with Crippen molar-refractivity contribution >= 4 is 11.9 Å². The molecule has 0 saturated carbocycles. The van der Waals surface area contributed by atoms with Crippen LogP contribution in [0.25, 0.3) is 0 Å². The smallest absolute Gasteiger partial charge is 0.317 e. The zero-order valence-electron chi connectivity index (χ0n) is 15.1. The number of halogens is 1. The van der Waals surface area contributed by atoms with E-state index in [0.29, 0.717) is 13.0 Å². The molecule has 1 aromatic carbocycles. The van der Waals surface area contributed by atoms with Gasteiger partial charge in [-0.3, -0.25) is 4.79 Å². The fourth-order valence-electron chi connectivity index (χ4n) is 3.02. The number of benzene rings is 1. The van der Waals surface area contributed by atoms with Gasteiger partial charge in [0.1, 0.15) is 5.82 Å². The molecule has 1 unspecified atom stereocenters.